The van der Waals surface area contributed by atoms with Crippen LogP contribution in [-0.4, -0.2) is 38.9 Å². The van der Waals surface area contributed by atoms with Gasteiger partial charge in [0.15, 0.2) is 0 Å². The van der Waals surface area contributed by atoms with Gasteiger partial charge in [-0.3, -0.25) is 4.98 Å². The highest BCUT2D eigenvalue weighted by molar-refractivity contribution is 5.34. The first-order valence-corrected chi connectivity index (χ1v) is 4.52. The van der Waals surface area contributed by atoms with Crippen LogP contribution >= 0.6 is 0 Å². The Morgan fingerprint density at radius 2 is 2.07 bits per heavy atom. The molecule has 0 aliphatic rings. The SMILES string of the molecule is CCC(CO)(CO)Nc1cnccn1. The van der Waals surface area contributed by atoms with E-state index in [1.165, 1.54) is 0 Å². The highest BCUT2D eigenvalue weighted by Gasteiger charge is 2.26. The van der Waals surface area contributed by atoms with E-state index in [1.54, 1.807) is 18.6 Å². The van der Waals surface area contributed by atoms with E-state index in [4.69, 9.17) is 10.2 Å². The number of rotatable bonds is 5. The first kappa shape index (κ1) is 10.9. The maximum absolute atomic E-state index is 9.17. The second-order valence-corrected chi connectivity index (χ2v) is 3.17. The Kier molecular flexibility index (Phi) is 3.79. The summed E-state index contributed by atoms with van der Waals surface area (Å²) in [7, 11) is 0. The average molecular weight is 197 g/mol. The summed E-state index contributed by atoms with van der Waals surface area (Å²) >= 11 is 0. The minimum Gasteiger partial charge on any atom is -0.394 e. The Labute approximate surface area is 82.8 Å². The topological polar surface area (TPSA) is 78.3 Å². The molecule has 0 aliphatic heterocycles. The molecule has 0 saturated carbocycles. The van der Waals surface area contributed by atoms with Crippen molar-refractivity contribution in [2.24, 2.45) is 0 Å². The summed E-state index contributed by atoms with van der Waals surface area (Å²) < 4.78 is 0. The van der Waals surface area contributed by atoms with Crippen molar-refractivity contribution in [2.45, 2.75) is 18.9 Å². The molecular formula is C9H15N3O2. The third-order valence-corrected chi connectivity index (χ3v) is 2.24. The molecule has 0 amide bonds. The van der Waals surface area contributed by atoms with E-state index in [-0.39, 0.29) is 13.2 Å². The number of anilines is 1. The van der Waals surface area contributed by atoms with Gasteiger partial charge in [-0.2, -0.15) is 0 Å². The van der Waals surface area contributed by atoms with Gasteiger partial charge >= 0.3 is 0 Å². The lowest BCUT2D eigenvalue weighted by Gasteiger charge is -2.29. The molecule has 5 nitrogen and oxygen atoms in total. The van der Waals surface area contributed by atoms with Crippen LogP contribution in [0.25, 0.3) is 0 Å². The van der Waals surface area contributed by atoms with Crippen LogP contribution in [0.3, 0.4) is 0 Å². The molecule has 0 radical (unpaired) electrons. The lowest BCUT2D eigenvalue weighted by molar-refractivity contribution is 0.132. The number of aromatic nitrogens is 2. The quantitative estimate of drug-likeness (QED) is 0.620. The number of hydrogen-bond acceptors (Lipinski definition) is 5. The van der Waals surface area contributed by atoms with E-state index in [2.05, 4.69) is 15.3 Å². The molecule has 0 bridgehead atoms. The lowest BCUT2D eigenvalue weighted by atomic mass is 9.99. The van der Waals surface area contributed by atoms with Crippen LogP contribution in [0.5, 0.6) is 0 Å². The van der Waals surface area contributed by atoms with Gasteiger partial charge in [0.05, 0.1) is 24.9 Å². The van der Waals surface area contributed by atoms with Crippen LogP contribution in [0.15, 0.2) is 18.6 Å². The third kappa shape index (κ3) is 2.40. The molecule has 78 valence electrons. The molecular weight excluding hydrogens is 182 g/mol. The van der Waals surface area contributed by atoms with Gasteiger partial charge in [-0.1, -0.05) is 6.92 Å². The van der Waals surface area contributed by atoms with Crippen molar-refractivity contribution >= 4 is 5.82 Å². The standard InChI is InChI=1S/C9H15N3O2/c1-2-9(6-13,7-14)12-8-5-10-3-4-11-8/h3-5,13-14H,2,6-7H2,1H3,(H,11,12). The van der Waals surface area contributed by atoms with Crippen LogP contribution in [0.1, 0.15) is 13.3 Å². The maximum atomic E-state index is 9.17. The number of aliphatic hydroxyl groups excluding tert-OH is 2. The van der Waals surface area contributed by atoms with E-state index in [0.29, 0.717) is 12.2 Å². The highest BCUT2D eigenvalue weighted by atomic mass is 16.3. The van der Waals surface area contributed by atoms with Gasteiger partial charge in [0.2, 0.25) is 0 Å². The van der Waals surface area contributed by atoms with Gasteiger partial charge in [-0.15, -0.1) is 0 Å². The lowest BCUT2D eigenvalue weighted by Crippen LogP contribution is -2.45. The fourth-order valence-electron chi connectivity index (χ4n) is 1.08. The first-order chi connectivity index (χ1) is 6.76. The van der Waals surface area contributed by atoms with E-state index >= 15 is 0 Å². The molecule has 0 atom stereocenters. The number of hydrogen-bond donors (Lipinski definition) is 3. The summed E-state index contributed by atoms with van der Waals surface area (Å²) in [5.41, 5.74) is -0.712. The summed E-state index contributed by atoms with van der Waals surface area (Å²) in [6.45, 7) is 1.60. The summed E-state index contributed by atoms with van der Waals surface area (Å²) in [6.07, 6.45) is 5.28. The Balaban J connectivity index is 2.74. The predicted molar refractivity (Wildman–Crippen MR) is 52.8 cm³/mol. The van der Waals surface area contributed by atoms with Gasteiger partial charge < -0.3 is 15.5 Å². The minimum absolute atomic E-state index is 0.142. The highest BCUT2D eigenvalue weighted by Crippen LogP contribution is 2.15. The molecule has 3 N–H and O–H groups in total. The fourth-order valence-corrected chi connectivity index (χ4v) is 1.08. The largest absolute Gasteiger partial charge is 0.394 e. The van der Waals surface area contributed by atoms with Crippen LogP contribution in [0.2, 0.25) is 0 Å². The molecule has 0 spiro atoms. The molecule has 0 unspecified atom stereocenters. The van der Waals surface area contributed by atoms with Gasteiger partial charge in [-0.25, -0.2) is 4.98 Å². The monoisotopic (exact) mass is 197 g/mol. The molecule has 1 heterocycles. The molecule has 0 aromatic carbocycles. The van der Waals surface area contributed by atoms with Crippen LogP contribution < -0.4 is 5.32 Å². The second-order valence-electron chi connectivity index (χ2n) is 3.17. The Bertz CT molecular complexity index is 254. The van der Waals surface area contributed by atoms with Crippen molar-refractivity contribution in [1.82, 2.24) is 9.97 Å². The Morgan fingerprint density at radius 1 is 1.36 bits per heavy atom. The summed E-state index contributed by atoms with van der Waals surface area (Å²) in [6, 6.07) is 0. The zero-order chi connectivity index (χ0) is 10.4. The van der Waals surface area contributed by atoms with E-state index in [1.807, 2.05) is 6.92 Å². The van der Waals surface area contributed by atoms with Crippen molar-refractivity contribution in [3.63, 3.8) is 0 Å². The summed E-state index contributed by atoms with van der Waals surface area (Å²) in [5, 5.41) is 21.3. The van der Waals surface area contributed by atoms with Gasteiger partial charge in [0.1, 0.15) is 5.82 Å². The molecule has 14 heavy (non-hydrogen) atoms. The summed E-state index contributed by atoms with van der Waals surface area (Å²) in [4.78, 5) is 7.90. The van der Waals surface area contributed by atoms with Crippen LogP contribution in [-0.2, 0) is 0 Å². The maximum Gasteiger partial charge on any atom is 0.145 e. The van der Waals surface area contributed by atoms with E-state index in [9.17, 15) is 0 Å². The second kappa shape index (κ2) is 4.88. The Morgan fingerprint density at radius 3 is 2.50 bits per heavy atom. The van der Waals surface area contributed by atoms with Crippen molar-refractivity contribution in [1.29, 1.82) is 0 Å². The molecule has 5 heteroatoms. The van der Waals surface area contributed by atoms with Gasteiger partial charge in [-0.05, 0) is 6.42 Å². The zero-order valence-corrected chi connectivity index (χ0v) is 8.14. The zero-order valence-electron chi connectivity index (χ0n) is 8.14. The molecule has 0 saturated heterocycles. The van der Waals surface area contributed by atoms with Crippen LogP contribution in [0, 0.1) is 0 Å². The number of nitrogens with zero attached hydrogens (tertiary/aromatic N) is 2. The average Bonchev–Trinajstić information content (AvgIpc) is 2.28. The fraction of sp³-hybridized carbons (Fsp3) is 0.556. The van der Waals surface area contributed by atoms with E-state index < -0.39 is 5.54 Å². The van der Waals surface area contributed by atoms with Crippen molar-refractivity contribution in [3.05, 3.63) is 18.6 Å². The molecule has 0 aliphatic carbocycles. The van der Waals surface area contributed by atoms with Crippen molar-refractivity contribution < 1.29 is 10.2 Å². The Hall–Kier alpha value is -1.20. The van der Waals surface area contributed by atoms with Crippen molar-refractivity contribution in [2.75, 3.05) is 18.5 Å². The minimum atomic E-state index is -0.712. The van der Waals surface area contributed by atoms with Gasteiger partial charge in [0.25, 0.3) is 0 Å². The van der Waals surface area contributed by atoms with Crippen LogP contribution in [0.4, 0.5) is 5.82 Å². The predicted octanol–water partition coefficient (Wildman–Crippen LogP) is 0.0219. The molecule has 1 rings (SSSR count). The van der Waals surface area contributed by atoms with Gasteiger partial charge in [0, 0.05) is 12.4 Å². The smallest absolute Gasteiger partial charge is 0.145 e. The van der Waals surface area contributed by atoms with E-state index in [0.717, 1.165) is 0 Å². The first-order valence-electron chi connectivity index (χ1n) is 4.52. The van der Waals surface area contributed by atoms with Crippen molar-refractivity contribution in [3.8, 4) is 0 Å². The molecule has 0 fully saturated rings. The molecule has 1 aromatic rings. The number of aliphatic hydroxyl groups is 2. The molecule has 1 aromatic heterocycles. The third-order valence-electron chi connectivity index (χ3n) is 2.24. The normalized spacial score (nSPS) is 11.4. The summed E-state index contributed by atoms with van der Waals surface area (Å²) in [5.74, 6) is 0.553. The number of nitrogens with one attached hydrogen (secondary N) is 1.